The van der Waals surface area contributed by atoms with Crippen LogP contribution >= 0.6 is 0 Å². The molecule has 0 atom stereocenters. The third kappa shape index (κ3) is 1.50. The van der Waals surface area contributed by atoms with E-state index in [0.717, 1.165) is 24.3 Å². The van der Waals surface area contributed by atoms with Crippen molar-refractivity contribution in [3.05, 3.63) is 69.8 Å². The third-order valence-corrected chi connectivity index (χ3v) is 4.64. The van der Waals surface area contributed by atoms with Crippen molar-refractivity contribution in [3.8, 4) is 0 Å². The molecule has 0 unspecified atom stereocenters. The van der Waals surface area contributed by atoms with Gasteiger partial charge in [-0.05, 0) is 59.4 Å². The van der Waals surface area contributed by atoms with E-state index in [9.17, 15) is 22.7 Å². The molecular weight excluding hydrogens is 284 g/mol. The number of aliphatic hydroxyl groups is 1. The quantitative estimate of drug-likeness (QED) is 0.740. The van der Waals surface area contributed by atoms with Crippen molar-refractivity contribution < 1.29 is 22.7 Å². The molecule has 1 N–H and O–H groups in total. The Morgan fingerprint density at radius 2 is 1.14 bits per heavy atom. The maximum Gasteiger partial charge on any atom is 0.159 e. The molecule has 1 nitrogen and oxygen atoms in total. The van der Waals surface area contributed by atoms with Crippen LogP contribution < -0.4 is 0 Å². The zero-order chi connectivity index (χ0) is 14.9. The van der Waals surface area contributed by atoms with Crippen LogP contribution in [-0.2, 0) is 18.4 Å². The highest BCUT2D eigenvalue weighted by atomic mass is 19.2. The molecule has 108 valence electrons. The Morgan fingerprint density at radius 1 is 0.762 bits per heavy atom. The molecule has 21 heavy (non-hydrogen) atoms. The van der Waals surface area contributed by atoms with Gasteiger partial charge in [-0.15, -0.1) is 0 Å². The van der Waals surface area contributed by atoms with Crippen LogP contribution in [0.15, 0.2) is 24.3 Å². The Bertz CT molecular complexity index is 723. The first-order valence-electron chi connectivity index (χ1n) is 6.60. The second kappa shape index (κ2) is 3.85. The molecule has 2 aliphatic rings. The number of benzene rings is 2. The molecule has 0 aromatic heterocycles. The lowest BCUT2D eigenvalue weighted by Crippen LogP contribution is -2.29. The van der Waals surface area contributed by atoms with Gasteiger partial charge in [0.2, 0.25) is 0 Å². The number of hydrogen-bond donors (Lipinski definition) is 1. The number of rotatable bonds is 0. The van der Waals surface area contributed by atoms with Crippen molar-refractivity contribution in [2.75, 3.05) is 0 Å². The Labute approximate surface area is 117 Å². The van der Waals surface area contributed by atoms with Gasteiger partial charge in [0.1, 0.15) is 5.60 Å². The highest BCUT2D eigenvalue weighted by Crippen LogP contribution is 2.53. The van der Waals surface area contributed by atoms with Crippen LogP contribution in [0.5, 0.6) is 0 Å². The van der Waals surface area contributed by atoms with Crippen molar-refractivity contribution in [2.24, 2.45) is 5.92 Å². The predicted molar refractivity (Wildman–Crippen MR) is 66.6 cm³/mol. The molecule has 0 aliphatic heterocycles. The lowest BCUT2D eigenvalue weighted by Gasteiger charge is -2.25. The minimum absolute atomic E-state index is 0.246. The molecule has 0 amide bonds. The van der Waals surface area contributed by atoms with Crippen molar-refractivity contribution >= 4 is 0 Å². The van der Waals surface area contributed by atoms with Crippen LogP contribution in [0.3, 0.4) is 0 Å². The van der Waals surface area contributed by atoms with Crippen LogP contribution in [0.2, 0.25) is 0 Å². The SMILES string of the molecule is OC12c3cc(F)c(F)cc3CC1Cc1cc(F)c(F)cc12. The summed E-state index contributed by atoms with van der Waals surface area (Å²) in [6.07, 6.45) is 0.696. The highest BCUT2D eigenvalue weighted by molar-refractivity contribution is 5.53. The van der Waals surface area contributed by atoms with Crippen LogP contribution in [-0.4, -0.2) is 5.11 Å². The molecule has 5 heteroatoms. The van der Waals surface area contributed by atoms with E-state index in [4.69, 9.17) is 0 Å². The van der Waals surface area contributed by atoms with Gasteiger partial charge in [0.05, 0.1) is 0 Å². The average molecular weight is 294 g/mol. The number of fused-ring (bicyclic) bond motifs is 5. The standard InChI is InChI=1S/C16H10F4O/c17-12-3-7-1-9-2-8-4-13(18)15(20)6-11(8)16(9,21)10(7)5-14(12)19/h3-6,9,21H,1-2H2. The maximum atomic E-state index is 13.5. The van der Waals surface area contributed by atoms with E-state index in [1.165, 1.54) is 0 Å². The largest absolute Gasteiger partial charge is 0.380 e. The molecule has 0 fully saturated rings. The smallest absolute Gasteiger partial charge is 0.159 e. The summed E-state index contributed by atoms with van der Waals surface area (Å²) < 4.78 is 53.6. The monoisotopic (exact) mass is 294 g/mol. The summed E-state index contributed by atoms with van der Waals surface area (Å²) in [5.74, 6) is -4.41. The molecule has 0 bridgehead atoms. The fourth-order valence-corrected chi connectivity index (χ4v) is 3.71. The van der Waals surface area contributed by atoms with E-state index in [-0.39, 0.29) is 17.0 Å². The molecule has 2 aliphatic carbocycles. The first kappa shape index (κ1) is 12.8. The lowest BCUT2D eigenvalue weighted by atomic mass is 9.86. The normalized spacial score (nSPS) is 25.7. The van der Waals surface area contributed by atoms with Gasteiger partial charge in [-0.25, -0.2) is 17.6 Å². The van der Waals surface area contributed by atoms with E-state index >= 15 is 0 Å². The van der Waals surface area contributed by atoms with E-state index in [0.29, 0.717) is 24.0 Å². The first-order valence-corrected chi connectivity index (χ1v) is 6.60. The van der Waals surface area contributed by atoms with E-state index in [2.05, 4.69) is 0 Å². The molecule has 2 aromatic carbocycles. The van der Waals surface area contributed by atoms with Gasteiger partial charge >= 0.3 is 0 Å². The summed E-state index contributed by atoms with van der Waals surface area (Å²) in [5.41, 5.74) is -0.0609. The topological polar surface area (TPSA) is 20.2 Å². The van der Waals surface area contributed by atoms with Crippen LogP contribution in [0.25, 0.3) is 0 Å². The van der Waals surface area contributed by atoms with Crippen molar-refractivity contribution in [1.82, 2.24) is 0 Å². The highest BCUT2D eigenvalue weighted by Gasteiger charge is 2.52. The predicted octanol–water partition coefficient (Wildman–Crippen LogP) is 3.21. The fourth-order valence-electron chi connectivity index (χ4n) is 3.71. The van der Waals surface area contributed by atoms with Crippen molar-refractivity contribution in [2.45, 2.75) is 18.4 Å². The second-order valence-electron chi connectivity index (χ2n) is 5.72. The zero-order valence-electron chi connectivity index (χ0n) is 10.8. The van der Waals surface area contributed by atoms with Crippen LogP contribution in [0.1, 0.15) is 22.3 Å². The minimum atomic E-state index is -1.58. The fraction of sp³-hybridized carbons (Fsp3) is 0.250. The Hall–Kier alpha value is -1.88. The first-order chi connectivity index (χ1) is 9.91. The molecule has 0 radical (unpaired) electrons. The van der Waals surface area contributed by atoms with Gasteiger partial charge < -0.3 is 5.11 Å². The summed E-state index contributed by atoms with van der Waals surface area (Å²) in [5, 5.41) is 11.0. The van der Waals surface area contributed by atoms with Gasteiger partial charge in [0, 0.05) is 5.92 Å². The Kier molecular flexibility index (Phi) is 2.35. The molecule has 2 aromatic rings. The molecule has 0 saturated carbocycles. The summed E-state index contributed by atoms with van der Waals surface area (Å²) in [6.45, 7) is 0. The molecular formula is C16H10F4O. The molecule has 0 saturated heterocycles. The average Bonchev–Trinajstić information content (AvgIpc) is 2.82. The summed E-state index contributed by atoms with van der Waals surface area (Å²) in [4.78, 5) is 0. The Morgan fingerprint density at radius 3 is 1.57 bits per heavy atom. The van der Waals surface area contributed by atoms with Gasteiger partial charge in [0.15, 0.2) is 23.3 Å². The van der Waals surface area contributed by atoms with Gasteiger partial charge in [-0.1, -0.05) is 0 Å². The summed E-state index contributed by atoms with van der Waals surface area (Å²) in [6, 6.07) is 4.06. The van der Waals surface area contributed by atoms with E-state index in [1.54, 1.807) is 0 Å². The van der Waals surface area contributed by atoms with Crippen molar-refractivity contribution in [1.29, 1.82) is 0 Å². The summed E-state index contributed by atoms with van der Waals surface area (Å²) in [7, 11) is 0. The second-order valence-corrected chi connectivity index (χ2v) is 5.72. The number of halogens is 4. The third-order valence-electron chi connectivity index (χ3n) is 4.64. The zero-order valence-corrected chi connectivity index (χ0v) is 10.8. The molecule has 0 spiro atoms. The molecule has 0 heterocycles. The van der Waals surface area contributed by atoms with Crippen LogP contribution in [0, 0.1) is 29.2 Å². The minimum Gasteiger partial charge on any atom is -0.380 e. The lowest BCUT2D eigenvalue weighted by molar-refractivity contribution is 0.0437. The van der Waals surface area contributed by atoms with Crippen molar-refractivity contribution in [3.63, 3.8) is 0 Å². The van der Waals surface area contributed by atoms with E-state index < -0.39 is 28.9 Å². The van der Waals surface area contributed by atoms with Gasteiger partial charge in [-0.2, -0.15) is 0 Å². The van der Waals surface area contributed by atoms with E-state index in [1.807, 2.05) is 0 Å². The summed E-state index contributed by atoms with van der Waals surface area (Å²) >= 11 is 0. The maximum absolute atomic E-state index is 13.5. The number of hydrogen-bond acceptors (Lipinski definition) is 1. The van der Waals surface area contributed by atoms with Gasteiger partial charge in [0.25, 0.3) is 0 Å². The van der Waals surface area contributed by atoms with Gasteiger partial charge in [-0.3, -0.25) is 0 Å². The van der Waals surface area contributed by atoms with Crippen LogP contribution in [0.4, 0.5) is 17.6 Å². The Balaban J connectivity index is 1.98. The molecule has 4 rings (SSSR count).